The average molecular weight is 393 g/mol. The van der Waals surface area contributed by atoms with E-state index in [-0.39, 0.29) is 24.2 Å². The Kier molecular flexibility index (Phi) is 6.09. The molecule has 2 aromatic carbocycles. The Bertz CT molecular complexity index is 747. The van der Waals surface area contributed by atoms with Crippen LogP contribution in [0.5, 0.6) is 0 Å². The maximum atomic E-state index is 13.5. The third-order valence-electron chi connectivity index (χ3n) is 3.55. The van der Waals surface area contributed by atoms with E-state index in [0.29, 0.717) is 16.7 Å². The van der Waals surface area contributed by atoms with Gasteiger partial charge in [-0.25, -0.2) is 4.39 Å². The van der Waals surface area contributed by atoms with E-state index in [2.05, 4.69) is 26.6 Å². The van der Waals surface area contributed by atoms with Crippen LogP contribution in [0.4, 0.5) is 4.39 Å². The first-order valence-electron chi connectivity index (χ1n) is 7.46. The number of carbonyl (C=O) groups is 2. The minimum Gasteiger partial charge on any atom is -0.350 e. The van der Waals surface area contributed by atoms with Crippen molar-refractivity contribution in [3.8, 4) is 0 Å². The zero-order valence-corrected chi connectivity index (χ0v) is 15.0. The van der Waals surface area contributed by atoms with Gasteiger partial charge in [-0.05, 0) is 55.3 Å². The fourth-order valence-corrected chi connectivity index (χ4v) is 2.30. The lowest BCUT2D eigenvalue weighted by Gasteiger charge is -2.14. The Morgan fingerprint density at radius 2 is 1.83 bits per heavy atom. The summed E-state index contributed by atoms with van der Waals surface area (Å²) < 4.78 is 14.3. The van der Waals surface area contributed by atoms with Gasteiger partial charge in [0.2, 0.25) is 5.91 Å². The maximum absolute atomic E-state index is 13.5. The summed E-state index contributed by atoms with van der Waals surface area (Å²) in [5, 5.41) is 5.32. The van der Waals surface area contributed by atoms with Crippen molar-refractivity contribution in [2.45, 2.75) is 26.4 Å². The van der Waals surface area contributed by atoms with Crippen molar-refractivity contribution >= 4 is 27.7 Å². The molecule has 0 aliphatic carbocycles. The van der Waals surface area contributed by atoms with Crippen LogP contribution >= 0.6 is 15.9 Å². The Balaban J connectivity index is 1.88. The van der Waals surface area contributed by atoms with Crippen LogP contribution in [0.15, 0.2) is 46.9 Å². The van der Waals surface area contributed by atoms with Crippen molar-refractivity contribution in [1.82, 2.24) is 10.6 Å². The van der Waals surface area contributed by atoms with Crippen molar-refractivity contribution in [1.29, 1.82) is 0 Å². The van der Waals surface area contributed by atoms with Gasteiger partial charge in [-0.3, -0.25) is 9.59 Å². The lowest BCUT2D eigenvalue weighted by atomic mass is 10.1. The van der Waals surface area contributed by atoms with Crippen LogP contribution < -0.4 is 10.6 Å². The summed E-state index contributed by atoms with van der Waals surface area (Å²) in [7, 11) is 0. The van der Waals surface area contributed by atoms with Gasteiger partial charge in [0.05, 0.1) is 0 Å². The SMILES string of the molecule is Cc1ccc(CNC(=O)[C@H](C)NC(=O)c2ccc(Br)cc2)cc1F. The maximum Gasteiger partial charge on any atom is 0.251 e. The summed E-state index contributed by atoms with van der Waals surface area (Å²) in [6, 6.07) is 11.0. The van der Waals surface area contributed by atoms with Gasteiger partial charge in [0.1, 0.15) is 11.9 Å². The Morgan fingerprint density at radius 3 is 2.46 bits per heavy atom. The quantitative estimate of drug-likeness (QED) is 0.819. The molecule has 2 aromatic rings. The average Bonchev–Trinajstić information content (AvgIpc) is 2.56. The van der Waals surface area contributed by atoms with Gasteiger partial charge in [-0.2, -0.15) is 0 Å². The lowest BCUT2D eigenvalue weighted by Crippen LogP contribution is -2.44. The highest BCUT2D eigenvalue weighted by atomic mass is 79.9. The molecule has 0 unspecified atom stereocenters. The van der Waals surface area contributed by atoms with Gasteiger partial charge in [-0.1, -0.05) is 28.1 Å². The van der Waals surface area contributed by atoms with Crippen LogP contribution in [0.1, 0.15) is 28.4 Å². The second-order valence-corrected chi connectivity index (χ2v) is 6.42. The normalized spacial score (nSPS) is 11.7. The molecule has 2 N–H and O–H groups in total. The van der Waals surface area contributed by atoms with Crippen LogP contribution in [0.25, 0.3) is 0 Å². The number of amides is 2. The fourth-order valence-electron chi connectivity index (χ4n) is 2.04. The van der Waals surface area contributed by atoms with Crippen molar-refractivity contribution in [2.75, 3.05) is 0 Å². The number of aryl methyl sites for hydroxylation is 1. The number of hydrogen-bond acceptors (Lipinski definition) is 2. The summed E-state index contributed by atoms with van der Waals surface area (Å²) in [6.45, 7) is 3.48. The predicted octanol–water partition coefficient (Wildman–Crippen LogP) is 3.33. The number of carbonyl (C=O) groups excluding carboxylic acids is 2. The van der Waals surface area contributed by atoms with E-state index in [1.54, 1.807) is 50.2 Å². The molecule has 2 rings (SSSR count). The highest BCUT2D eigenvalue weighted by Crippen LogP contribution is 2.11. The third kappa shape index (κ3) is 4.89. The molecule has 0 spiro atoms. The summed E-state index contributed by atoms with van der Waals surface area (Å²) in [5.74, 6) is -0.966. The smallest absolute Gasteiger partial charge is 0.251 e. The number of benzene rings is 2. The second-order valence-electron chi connectivity index (χ2n) is 5.50. The van der Waals surface area contributed by atoms with Gasteiger partial charge in [0.15, 0.2) is 0 Å². The molecule has 0 heterocycles. The summed E-state index contributed by atoms with van der Waals surface area (Å²) in [5.41, 5.74) is 1.69. The molecule has 0 saturated heterocycles. The molecular weight excluding hydrogens is 375 g/mol. The molecule has 0 fully saturated rings. The molecule has 4 nitrogen and oxygen atoms in total. The molecule has 0 radical (unpaired) electrons. The van der Waals surface area contributed by atoms with E-state index < -0.39 is 6.04 Å². The van der Waals surface area contributed by atoms with Crippen LogP contribution in [-0.4, -0.2) is 17.9 Å². The molecule has 6 heteroatoms. The molecule has 0 bridgehead atoms. The zero-order valence-electron chi connectivity index (χ0n) is 13.4. The van der Waals surface area contributed by atoms with E-state index in [0.717, 1.165) is 4.47 Å². The first-order valence-corrected chi connectivity index (χ1v) is 8.25. The highest BCUT2D eigenvalue weighted by molar-refractivity contribution is 9.10. The predicted molar refractivity (Wildman–Crippen MR) is 94.1 cm³/mol. The van der Waals surface area contributed by atoms with E-state index in [1.165, 1.54) is 6.07 Å². The summed E-state index contributed by atoms with van der Waals surface area (Å²) in [4.78, 5) is 24.1. The summed E-state index contributed by atoms with van der Waals surface area (Å²) >= 11 is 3.30. The van der Waals surface area contributed by atoms with E-state index in [9.17, 15) is 14.0 Å². The Morgan fingerprint density at radius 1 is 1.17 bits per heavy atom. The number of rotatable bonds is 5. The topological polar surface area (TPSA) is 58.2 Å². The van der Waals surface area contributed by atoms with Crippen LogP contribution in [0, 0.1) is 12.7 Å². The Hall–Kier alpha value is -2.21. The van der Waals surface area contributed by atoms with Gasteiger partial charge in [-0.15, -0.1) is 0 Å². The first-order chi connectivity index (χ1) is 11.4. The van der Waals surface area contributed by atoms with Crippen LogP contribution in [0.2, 0.25) is 0 Å². The largest absolute Gasteiger partial charge is 0.350 e. The van der Waals surface area contributed by atoms with Gasteiger partial charge in [0, 0.05) is 16.6 Å². The van der Waals surface area contributed by atoms with Gasteiger partial charge in [0.25, 0.3) is 5.91 Å². The molecule has 0 aliphatic heterocycles. The minimum absolute atomic E-state index is 0.203. The molecular formula is C18H18BrFN2O2. The number of hydrogen-bond donors (Lipinski definition) is 2. The first kappa shape index (κ1) is 18.1. The highest BCUT2D eigenvalue weighted by Gasteiger charge is 2.16. The van der Waals surface area contributed by atoms with Gasteiger partial charge < -0.3 is 10.6 Å². The van der Waals surface area contributed by atoms with Crippen LogP contribution in [0.3, 0.4) is 0 Å². The number of nitrogens with one attached hydrogen (secondary N) is 2. The molecule has 24 heavy (non-hydrogen) atoms. The number of halogens is 2. The molecule has 0 saturated carbocycles. The Labute approximate surface area is 148 Å². The van der Waals surface area contributed by atoms with E-state index in [4.69, 9.17) is 0 Å². The molecule has 0 aliphatic rings. The molecule has 1 atom stereocenters. The van der Waals surface area contributed by atoms with E-state index >= 15 is 0 Å². The molecule has 126 valence electrons. The van der Waals surface area contributed by atoms with Gasteiger partial charge >= 0.3 is 0 Å². The van der Waals surface area contributed by atoms with E-state index in [1.807, 2.05) is 0 Å². The lowest BCUT2D eigenvalue weighted by molar-refractivity contribution is -0.122. The molecule has 0 aromatic heterocycles. The van der Waals surface area contributed by atoms with Crippen molar-refractivity contribution in [3.63, 3.8) is 0 Å². The van der Waals surface area contributed by atoms with Crippen molar-refractivity contribution in [2.24, 2.45) is 0 Å². The van der Waals surface area contributed by atoms with Crippen LogP contribution in [-0.2, 0) is 11.3 Å². The third-order valence-corrected chi connectivity index (χ3v) is 4.08. The second kappa shape index (κ2) is 8.06. The molecule has 2 amide bonds. The zero-order chi connectivity index (χ0) is 17.7. The minimum atomic E-state index is -0.698. The monoisotopic (exact) mass is 392 g/mol. The summed E-state index contributed by atoms with van der Waals surface area (Å²) in [6.07, 6.45) is 0. The van der Waals surface area contributed by atoms with Crippen molar-refractivity contribution < 1.29 is 14.0 Å². The fraction of sp³-hybridized carbons (Fsp3) is 0.222. The van der Waals surface area contributed by atoms with Crippen molar-refractivity contribution in [3.05, 3.63) is 69.4 Å². The standard InChI is InChI=1S/C18H18BrFN2O2/c1-11-3-4-13(9-16(11)20)10-21-17(23)12(2)22-18(24)14-5-7-15(19)8-6-14/h3-9,12H,10H2,1-2H3,(H,21,23)(H,22,24)/t12-/m0/s1.